The number of hydrogen-bond acceptors (Lipinski definition) is 6. The molecule has 1 fully saturated rings. The minimum absolute atomic E-state index is 0.0953. The zero-order valence-corrected chi connectivity index (χ0v) is 16.5. The molecule has 1 unspecified atom stereocenters. The Kier molecular flexibility index (Phi) is 5.69. The number of amides is 1. The molecular weight excluding hydrogens is 370 g/mol. The first-order valence-corrected chi connectivity index (χ1v) is 9.56. The fourth-order valence-corrected chi connectivity index (χ4v) is 3.26. The first kappa shape index (κ1) is 19.3. The van der Waals surface area contributed by atoms with Crippen molar-refractivity contribution in [2.75, 3.05) is 31.7 Å². The van der Waals surface area contributed by atoms with Gasteiger partial charge in [-0.2, -0.15) is 0 Å². The second kappa shape index (κ2) is 8.55. The van der Waals surface area contributed by atoms with Crippen molar-refractivity contribution in [3.05, 3.63) is 59.5 Å². The number of hydrogen-bond donors (Lipinski definition) is 1. The number of carbonyl (C=O) groups is 1. The van der Waals surface area contributed by atoms with Gasteiger partial charge in [0.1, 0.15) is 18.4 Å². The fraction of sp³-hybridized carbons (Fsp3) is 0.318. The zero-order chi connectivity index (χ0) is 20.2. The summed E-state index contributed by atoms with van der Waals surface area (Å²) < 4.78 is 16.9. The van der Waals surface area contributed by atoms with Gasteiger partial charge in [-0.1, -0.05) is 6.07 Å². The van der Waals surface area contributed by atoms with Crippen LogP contribution in [-0.4, -0.2) is 48.4 Å². The Morgan fingerprint density at radius 2 is 2.07 bits per heavy atom. The van der Waals surface area contributed by atoms with Gasteiger partial charge in [0.25, 0.3) is 5.91 Å². The van der Waals surface area contributed by atoms with Gasteiger partial charge in [-0.3, -0.25) is 9.78 Å². The van der Waals surface area contributed by atoms with Gasteiger partial charge in [0.15, 0.2) is 0 Å². The predicted molar refractivity (Wildman–Crippen MR) is 109 cm³/mol. The van der Waals surface area contributed by atoms with Gasteiger partial charge in [-0.15, -0.1) is 0 Å². The molecule has 0 aliphatic carbocycles. The van der Waals surface area contributed by atoms with Crippen molar-refractivity contribution in [2.45, 2.75) is 20.0 Å². The number of aromatic nitrogens is 2. The van der Waals surface area contributed by atoms with Crippen LogP contribution >= 0.6 is 0 Å². The number of nitrogens with one attached hydrogen (secondary N) is 1. The average Bonchev–Trinajstić information content (AvgIpc) is 2.74. The highest BCUT2D eigenvalue weighted by Gasteiger charge is 2.17. The van der Waals surface area contributed by atoms with Crippen LogP contribution in [0.2, 0.25) is 0 Å². The summed E-state index contributed by atoms with van der Waals surface area (Å²) >= 11 is 0. The molecule has 1 aliphatic heterocycles. The molecule has 1 N–H and O–H groups in total. The van der Waals surface area contributed by atoms with E-state index in [2.05, 4.69) is 15.3 Å². The monoisotopic (exact) mass is 393 g/mol. The molecule has 1 aliphatic rings. The normalized spacial score (nSPS) is 16.6. The lowest BCUT2D eigenvalue weighted by atomic mass is 10.1. The van der Waals surface area contributed by atoms with Gasteiger partial charge >= 0.3 is 0 Å². The summed E-state index contributed by atoms with van der Waals surface area (Å²) in [5.41, 5.74) is 2.93. The summed E-state index contributed by atoms with van der Waals surface area (Å²) in [6, 6.07) is 9.35. The summed E-state index contributed by atoms with van der Waals surface area (Å²) in [6.07, 6.45) is 3.29. The number of anilines is 1. The van der Waals surface area contributed by atoms with Crippen molar-refractivity contribution in [3.8, 4) is 5.88 Å². The second-order valence-corrected chi connectivity index (χ2v) is 7.01. The third-order valence-corrected chi connectivity index (χ3v) is 4.82. The summed E-state index contributed by atoms with van der Waals surface area (Å²) in [5.74, 6) is 0.304. The molecule has 0 saturated carbocycles. The Morgan fingerprint density at radius 3 is 2.86 bits per heavy atom. The summed E-state index contributed by atoms with van der Waals surface area (Å²) in [5, 5.41) is 4.77. The van der Waals surface area contributed by atoms with E-state index in [1.165, 1.54) is 0 Å². The van der Waals surface area contributed by atoms with Gasteiger partial charge in [0.2, 0.25) is 5.88 Å². The van der Waals surface area contributed by atoms with Crippen molar-refractivity contribution >= 4 is 22.4 Å². The van der Waals surface area contributed by atoms with Crippen molar-refractivity contribution in [1.82, 2.24) is 9.97 Å². The van der Waals surface area contributed by atoms with Crippen molar-refractivity contribution in [2.24, 2.45) is 0 Å². The number of benzene rings is 1. The lowest BCUT2D eigenvalue weighted by Gasteiger charge is -2.23. The summed E-state index contributed by atoms with van der Waals surface area (Å²) in [7, 11) is 0. The van der Waals surface area contributed by atoms with Crippen LogP contribution in [0.1, 0.15) is 21.6 Å². The quantitative estimate of drug-likeness (QED) is 0.716. The maximum atomic E-state index is 12.6. The Hall–Kier alpha value is -3.03. The van der Waals surface area contributed by atoms with Crippen molar-refractivity contribution in [3.63, 3.8) is 0 Å². The van der Waals surface area contributed by atoms with Crippen LogP contribution < -0.4 is 10.1 Å². The molecule has 7 nitrogen and oxygen atoms in total. The SMILES string of the molecule is Cc1cccnc1C(=O)Nc1ccc2c(OCC3COCCO3)ncc(C)c2c1. The summed E-state index contributed by atoms with van der Waals surface area (Å²) in [6.45, 7) is 5.94. The van der Waals surface area contributed by atoms with Crippen LogP contribution in [-0.2, 0) is 9.47 Å². The lowest BCUT2D eigenvalue weighted by Crippen LogP contribution is -2.33. The topological polar surface area (TPSA) is 82.6 Å². The van der Waals surface area contributed by atoms with Gasteiger partial charge in [-0.05, 0) is 54.6 Å². The molecule has 29 heavy (non-hydrogen) atoms. The van der Waals surface area contributed by atoms with E-state index in [9.17, 15) is 4.79 Å². The maximum Gasteiger partial charge on any atom is 0.274 e. The predicted octanol–water partition coefficient (Wildman–Crippen LogP) is 3.29. The molecule has 0 bridgehead atoms. The molecule has 1 saturated heterocycles. The average molecular weight is 393 g/mol. The molecule has 1 aromatic carbocycles. The van der Waals surface area contributed by atoms with Crippen molar-refractivity contribution in [1.29, 1.82) is 0 Å². The number of pyridine rings is 2. The third kappa shape index (κ3) is 4.36. The van der Waals surface area contributed by atoms with E-state index in [4.69, 9.17) is 14.2 Å². The highest BCUT2D eigenvalue weighted by atomic mass is 16.6. The third-order valence-electron chi connectivity index (χ3n) is 4.82. The Balaban J connectivity index is 1.55. The fourth-order valence-electron chi connectivity index (χ4n) is 3.26. The molecule has 150 valence electrons. The molecule has 0 spiro atoms. The van der Waals surface area contributed by atoms with E-state index in [0.29, 0.717) is 43.7 Å². The standard InChI is InChI=1S/C22H23N3O4/c1-14-4-3-7-23-20(14)21(26)25-16-5-6-18-19(10-16)15(2)11-24-22(18)29-13-17-12-27-8-9-28-17/h3-7,10-11,17H,8-9,12-13H2,1-2H3,(H,25,26). The Labute approximate surface area is 169 Å². The Morgan fingerprint density at radius 1 is 1.17 bits per heavy atom. The molecule has 7 heteroatoms. The Bertz CT molecular complexity index is 1030. The van der Waals surface area contributed by atoms with Crippen molar-refractivity contribution < 1.29 is 19.0 Å². The molecular formula is C22H23N3O4. The first-order chi connectivity index (χ1) is 14.1. The minimum Gasteiger partial charge on any atom is -0.474 e. The molecule has 1 amide bonds. The highest BCUT2D eigenvalue weighted by molar-refractivity contribution is 6.05. The molecule has 3 heterocycles. The van der Waals surface area contributed by atoms with E-state index in [-0.39, 0.29) is 12.0 Å². The number of aryl methyl sites for hydroxylation is 2. The van der Waals surface area contributed by atoms with E-state index >= 15 is 0 Å². The van der Waals surface area contributed by atoms with Crippen LogP contribution in [0.5, 0.6) is 5.88 Å². The smallest absolute Gasteiger partial charge is 0.274 e. The molecule has 4 rings (SSSR count). The van der Waals surface area contributed by atoms with Gasteiger partial charge in [0.05, 0.1) is 19.8 Å². The molecule has 2 aromatic heterocycles. The summed E-state index contributed by atoms with van der Waals surface area (Å²) in [4.78, 5) is 21.2. The van der Waals surface area contributed by atoms with Crippen LogP contribution in [0.3, 0.4) is 0 Å². The molecule has 0 radical (unpaired) electrons. The molecule has 3 aromatic rings. The lowest BCUT2D eigenvalue weighted by molar-refractivity contribution is -0.101. The van der Waals surface area contributed by atoms with Gasteiger partial charge in [-0.25, -0.2) is 4.98 Å². The zero-order valence-electron chi connectivity index (χ0n) is 16.5. The van der Waals surface area contributed by atoms with E-state index in [1.54, 1.807) is 12.4 Å². The molecule has 1 atom stereocenters. The number of rotatable bonds is 5. The van der Waals surface area contributed by atoms with E-state index in [0.717, 1.165) is 21.9 Å². The van der Waals surface area contributed by atoms with E-state index < -0.39 is 0 Å². The number of nitrogens with zero attached hydrogens (tertiary/aromatic N) is 2. The van der Waals surface area contributed by atoms with E-state index in [1.807, 2.05) is 44.2 Å². The van der Waals surface area contributed by atoms with Crippen LogP contribution in [0, 0.1) is 13.8 Å². The highest BCUT2D eigenvalue weighted by Crippen LogP contribution is 2.29. The second-order valence-electron chi connectivity index (χ2n) is 7.01. The first-order valence-electron chi connectivity index (χ1n) is 9.56. The van der Waals surface area contributed by atoms with Crippen LogP contribution in [0.15, 0.2) is 42.7 Å². The van der Waals surface area contributed by atoms with Crippen LogP contribution in [0.25, 0.3) is 10.8 Å². The number of fused-ring (bicyclic) bond motifs is 1. The number of ether oxygens (including phenoxy) is 3. The maximum absolute atomic E-state index is 12.6. The number of carbonyl (C=O) groups excluding carboxylic acids is 1. The van der Waals surface area contributed by atoms with Crippen LogP contribution in [0.4, 0.5) is 5.69 Å². The minimum atomic E-state index is -0.236. The largest absolute Gasteiger partial charge is 0.474 e. The van der Waals surface area contributed by atoms with Gasteiger partial charge in [0, 0.05) is 23.5 Å². The van der Waals surface area contributed by atoms with Gasteiger partial charge < -0.3 is 19.5 Å².